The Hall–Kier alpha value is -4.17. The first kappa shape index (κ1) is 27.9. The zero-order valence-corrected chi connectivity index (χ0v) is 22.7. The highest BCUT2D eigenvalue weighted by atomic mass is 32.2. The van der Waals surface area contributed by atoms with Gasteiger partial charge in [0.15, 0.2) is 5.12 Å². The molecule has 200 valence electrons. The second-order valence-corrected chi connectivity index (χ2v) is 10.4. The molecule has 0 bridgehead atoms. The Bertz CT molecular complexity index is 1390. The topological polar surface area (TPSA) is 92.8 Å². The number of hydrogen-bond acceptors (Lipinski definition) is 6. The summed E-state index contributed by atoms with van der Waals surface area (Å²) in [5.74, 6) is -1.45. The molecule has 0 aromatic heterocycles. The number of allylic oxidation sites excluding steroid dienone is 1. The van der Waals surface area contributed by atoms with Crippen LogP contribution >= 0.6 is 11.8 Å². The van der Waals surface area contributed by atoms with E-state index in [0.717, 1.165) is 34.0 Å². The number of rotatable bonds is 9. The minimum Gasteiger partial charge on any atom is -0.465 e. The second-order valence-electron chi connectivity index (χ2n) is 8.99. The van der Waals surface area contributed by atoms with Gasteiger partial charge in [0.2, 0.25) is 5.91 Å². The van der Waals surface area contributed by atoms with E-state index in [9.17, 15) is 19.2 Å². The Morgan fingerprint density at radius 1 is 0.974 bits per heavy atom. The lowest BCUT2D eigenvalue weighted by Crippen LogP contribution is -2.41. The second kappa shape index (κ2) is 13.1. The molecule has 1 aliphatic heterocycles. The van der Waals surface area contributed by atoms with Gasteiger partial charge >= 0.3 is 5.97 Å². The fraction of sp³-hybridized carbons (Fsp3) is 0.226. The molecular weight excluding hydrogens is 512 g/mol. The van der Waals surface area contributed by atoms with Crippen LogP contribution in [0.25, 0.3) is 11.1 Å². The third-order valence-corrected chi connectivity index (χ3v) is 7.26. The molecular formula is C31H30N2O5S. The highest BCUT2D eigenvalue weighted by Crippen LogP contribution is 2.34. The molecule has 3 aromatic carbocycles. The summed E-state index contributed by atoms with van der Waals surface area (Å²) in [6.45, 7) is 3.06. The van der Waals surface area contributed by atoms with Gasteiger partial charge in [-0.2, -0.15) is 0 Å². The van der Waals surface area contributed by atoms with Crippen LogP contribution in [0.3, 0.4) is 0 Å². The van der Waals surface area contributed by atoms with Crippen molar-refractivity contribution in [3.8, 4) is 11.1 Å². The van der Waals surface area contributed by atoms with Crippen LogP contribution in [0.4, 0.5) is 5.69 Å². The lowest BCUT2D eigenvalue weighted by molar-refractivity contribution is -0.142. The lowest BCUT2D eigenvalue weighted by atomic mass is 10.0. The van der Waals surface area contributed by atoms with Crippen LogP contribution < -0.4 is 10.2 Å². The monoisotopic (exact) mass is 542 g/mol. The molecule has 2 amide bonds. The molecule has 1 N–H and O–H groups in total. The number of nitrogens with zero attached hydrogens (tertiary/aromatic N) is 1. The third kappa shape index (κ3) is 7.23. The average molecular weight is 543 g/mol. The minimum absolute atomic E-state index is 0.00185. The lowest BCUT2D eigenvalue weighted by Gasteiger charge is -2.24. The van der Waals surface area contributed by atoms with Crippen molar-refractivity contribution in [2.45, 2.75) is 31.9 Å². The Labute approximate surface area is 232 Å². The minimum atomic E-state index is -0.545. The summed E-state index contributed by atoms with van der Waals surface area (Å²) < 4.78 is 5.14. The molecule has 1 atom stereocenters. The van der Waals surface area contributed by atoms with Gasteiger partial charge in [0.05, 0.1) is 6.61 Å². The molecule has 0 radical (unpaired) electrons. The summed E-state index contributed by atoms with van der Waals surface area (Å²) in [6, 6.07) is 24.8. The summed E-state index contributed by atoms with van der Waals surface area (Å²) in [6.07, 6.45) is 2.05. The van der Waals surface area contributed by atoms with E-state index in [1.54, 1.807) is 13.0 Å². The molecule has 7 nitrogen and oxygen atoms in total. The van der Waals surface area contributed by atoms with E-state index in [1.807, 2.05) is 78.9 Å². The van der Waals surface area contributed by atoms with Crippen molar-refractivity contribution in [2.75, 3.05) is 18.1 Å². The van der Waals surface area contributed by atoms with Crippen LogP contribution in [0.1, 0.15) is 36.6 Å². The smallest absolute Gasteiger partial charge is 0.326 e. The molecule has 1 heterocycles. The first-order valence-electron chi connectivity index (χ1n) is 12.7. The van der Waals surface area contributed by atoms with Crippen molar-refractivity contribution in [1.29, 1.82) is 0 Å². The van der Waals surface area contributed by atoms with Crippen LogP contribution in [0.5, 0.6) is 0 Å². The van der Waals surface area contributed by atoms with E-state index in [-0.39, 0.29) is 30.4 Å². The number of ether oxygens (including phenoxy) is 1. The Balaban J connectivity index is 1.60. The average Bonchev–Trinajstić information content (AvgIpc) is 3.05. The summed E-state index contributed by atoms with van der Waals surface area (Å²) >= 11 is 1.08. The summed E-state index contributed by atoms with van der Waals surface area (Å²) in [4.78, 5) is 52.6. The van der Waals surface area contributed by atoms with Gasteiger partial charge in [-0.05, 0) is 41.7 Å². The molecule has 0 unspecified atom stereocenters. The normalized spacial score (nSPS) is 13.5. The summed E-state index contributed by atoms with van der Waals surface area (Å²) in [5, 5.41) is 2.25. The number of amides is 2. The summed E-state index contributed by atoms with van der Waals surface area (Å²) in [5.41, 5.74) is 4.23. The number of carbonyl (C=O) groups excluding carboxylic acids is 4. The van der Waals surface area contributed by atoms with Crippen molar-refractivity contribution < 1.29 is 23.9 Å². The highest BCUT2D eigenvalue weighted by Gasteiger charge is 2.29. The van der Waals surface area contributed by atoms with Crippen LogP contribution in [-0.4, -0.2) is 36.1 Å². The number of nitrogens with one attached hydrogen (secondary N) is 1. The van der Waals surface area contributed by atoms with Gasteiger partial charge in [-0.3, -0.25) is 24.1 Å². The maximum absolute atomic E-state index is 13.7. The predicted octanol–water partition coefficient (Wildman–Crippen LogP) is 5.22. The maximum Gasteiger partial charge on any atom is 0.326 e. The molecule has 3 aromatic rings. The molecule has 0 fully saturated rings. The fourth-order valence-electron chi connectivity index (χ4n) is 4.41. The molecule has 8 heteroatoms. The quantitative estimate of drug-likeness (QED) is 0.373. The zero-order valence-electron chi connectivity index (χ0n) is 21.9. The number of carbonyl (C=O) groups is 4. The van der Waals surface area contributed by atoms with Crippen LogP contribution in [0, 0.1) is 0 Å². The maximum atomic E-state index is 13.7. The third-order valence-electron chi connectivity index (χ3n) is 6.20. The van der Waals surface area contributed by atoms with Crippen LogP contribution in [0.2, 0.25) is 0 Å². The number of fused-ring (bicyclic) bond motifs is 1. The fourth-order valence-corrected chi connectivity index (χ4v) is 5.34. The SMILES string of the molecule is CCOC(=O)CN1C(=O)C(NC(=O)C[C@H](SC(C)=O)c2ccccc2)=CCc2ccc(-c3ccccc3)cc21. The molecule has 0 saturated heterocycles. The van der Waals surface area contributed by atoms with E-state index in [0.29, 0.717) is 12.1 Å². The standard InChI is InChI=1S/C31H30N2O5S/c1-3-38-30(36)20-33-27-18-25(22-10-6-4-7-11-22)15-14-23(27)16-17-26(31(33)37)32-29(35)19-28(39-21(2)34)24-12-8-5-9-13-24/h4-15,17-18,28H,3,16,19-20H2,1-2H3,(H,32,35)/t28-/m0/s1. The van der Waals surface area contributed by atoms with E-state index < -0.39 is 23.0 Å². The largest absolute Gasteiger partial charge is 0.465 e. The first-order chi connectivity index (χ1) is 18.9. The number of esters is 1. The van der Waals surface area contributed by atoms with E-state index >= 15 is 0 Å². The van der Waals surface area contributed by atoms with Gasteiger partial charge in [-0.1, -0.05) is 90.6 Å². The van der Waals surface area contributed by atoms with E-state index in [4.69, 9.17) is 4.74 Å². The number of benzene rings is 3. The van der Waals surface area contributed by atoms with Crippen molar-refractivity contribution in [1.82, 2.24) is 5.32 Å². The van der Waals surface area contributed by atoms with Crippen molar-refractivity contribution in [2.24, 2.45) is 0 Å². The molecule has 1 aliphatic rings. The van der Waals surface area contributed by atoms with E-state index in [2.05, 4.69) is 5.32 Å². The van der Waals surface area contributed by atoms with Gasteiger partial charge in [-0.25, -0.2) is 0 Å². The molecule has 4 rings (SSSR count). The zero-order chi connectivity index (χ0) is 27.8. The van der Waals surface area contributed by atoms with Crippen LogP contribution in [-0.2, 0) is 30.3 Å². The van der Waals surface area contributed by atoms with E-state index in [1.165, 1.54) is 11.8 Å². The van der Waals surface area contributed by atoms with Gasteiger partial charge in [0, 0.05) is 24.3 Å². The van der Waals surface area contributed by atoms with Crippen molar-refractivity contribution in [3.63, 3.8) is 0 Å². The van der Waals surface area contributed by atoms with Crippen molar-refractivity contribution >= 4 is 40.3 Å². The Morgan fingerprint density at radius 2 is 1.67 bits per heavy atom. The predicted molar refractivity (Wildman–Crippen MR) is 153 cm³/mol. The van der Waals surface area contributed by atoms with Gasteiger partial charge in [0.25, 0.3) is 5.91 Å². The molecule has 0 saturated carbocycles. The highest BCUT2D eigenvalue weighted by molar-refractivity contribution is 8.13. The Morgan fingerprint density at radius 3 is 2.33 bits per heavy atom. The molecule has 39 heavy (non-hydrogen) atoms. The molecule has 0 spiro atoms. The Kier molecular flexibility index (Phi) is 9.33. The molecule has 0 aliphatic carbocycles. The number of thioether (sulfide) groups is 1. The summed E-state index contributed by atoms with van der Waals surface area (Å²) in [7, 11) is 0. The van der Waals surface area contributed by atoms with Gasteiger partial charge in [0.1, 0.15) is 12.2 Å². The number of anilines is 1. The van der Waals surface area contributed by atoms with Gasteiger partial charge < -0.3 is 10.1 Å². The van der Waals surface area contributed by atoms with Crippen molar-refractivity contribution in [3.05, 3.63) is 102 Å². The van der Waals surface area contributed by atoms with Gasteiger partial charge in [-0.15, -0.1) is 0 Å². The number of hydrogen-bond donors (Lipinski definition) is 1. The van der Waals surface area contributed by atoms with Crippen LogP contribution in [0.15, 0.2) is 90.6 Å². The first-order valence-corrected chi connectivity index (χ1v) is 13.6.